The number of aromatic nitrogens is 5. The molecule has 9 heteroatoms. The van der Waals surface area contributed by atoms with Gasteiger partial charge in [-0.1, -0.05) is 41.6 Å². The van der Waals surface area contributed by atoms with Crippen molar-refractivity contribution in [3.8, 4) is 23.1 Å². The fourth-order valence-corrected chi connectivity index (χ4v) is 4.87. The summed E-state index contributed by atoms with van der Waals surface area (Å²) in [5, 5.41) is 19.9. The third kappa shape index (κ3) is 4.69. The van der Waals surface area contributed by atoms with Crippen LogP contribution in [-0.2, 0) is 6.54 Å². The Morgan fingerprint density at radius 2 is 1.80 bits per heavy atom. The van der Waals surface area contributed by atoms with E-state index in [1.165, 1.54) is 11.8 Å². The number of fused-ring (bicyclic) bond motifs is 1. The van der Waals surface area contributed by atoms with E-state index in [1.807, 2.05) is 76.0 Å². The van der Waals surface area contributed by atoms with Gasteiger partial charge >= 0.3 is 0 Å². The number of aryl methyl sites for hydroxylation is 1. The Labute approximate surface area is 211 Å². The number of nitrogens with zero attached hydrogens (tertiary/aromatic N) is 6. The van der Waals surface area contributed by atoms with Crippen LogP contribution < -0.4 is 0 Å². The van der Waals surface area contributed by atoms with Gasteiger partial charge in [-0.2, -0.15) is 5.26 Å². The zero-order valence-electron chi connectivity index (χ0n) is 18.5. The quantitative estimate of drug-likeness (QED) is 0.197. The van der Waals surface area contributed by atoms with Crippen molar-refractivity contribution < 1.29 is 4.79 Å². The fraction of sp³-hybridized carbons (Fsp3) is 0.115. The van der Waals surface area contributed by atoms with Gasteiger partial charge in [0.25, 0.3) is 0 Å². The zero-order valence-corrected chi connectivity index (χ0v) is 20.1. The van der Waals surface area contributed by atoms with E-state index in [9.17, 15) is 4.79 Å². The lowest BCUT2D eigenvalue weighted by Gasteiger charge is -2.10. The Morgan fingerprint density at radius 3 is 2.57 bits per heavy atom. The number of thioether (sulfide) groups is 1. The van der Waals surface area contributed by atoms with Crippen LogP contribution in [0.15, 0.2) is 84.4 Å². The van der Waals surface area contributed by atoms with Gasteiger partial charge in [0, 0.05) is 57.9 Å². The van der Waals surface area contributed by atoms with E-state index < -0.39 is 0 Å². The van der Waals surface area contributed by atoms with Gasteiger partial charge in [-0.05, 0) is 42.5 Å². The van der Waals surface area contributed by atoms with Crippen molar-refractivity contribution in [2.75, 3.05) is 5.75 Å². The van der Waals surface area contributed by atoms with Crippen LogP contribution in [0.3, 0.4) is 0 Å². The van der Waals surface area contributed by atoms with E-state index in [2.05, 4.69) is 21.3 Å². The zero-order chi connectivity index (χ0) is 24.2. The van der Waals surface area contributed by atoms with Crippen molar-refractivity contribution in [3.63, 3.8) is 0 Å². The summed E-state index contributed by atoms with van der Waals surface area (Å²) in [5.74, 6) is 0.824. The van der Waals surface area contributed by atoms with E-state index in [0.717, 1.165) is 22.2 Å². The number of para-hydroxylation sites is 1. The monoisotopic (exact) mass is 498 g/mol. The molecule has 0 saturated carbocycles. The molecule has 0 unspecified atom stereocenters. The Bertz CT molecular complexity index is 1540. The Hall–Kier alpha value is -3.93. The predicted octanol–water partition coefficient (Wildman–Crippen LogP) is 5.83. The van der Waals surface area contributed by atoms with Crippen molar-refractivity contribution in [3.05, 3.63) is 89.8 Å². The van der Waals surface area contributed by atoms with Crippen LogP contribution in [0.25, 0.3) is 28.0 Å². The standard InChI is InChI=1S/C26H19ClN6OS/c27-19-6-8-20(9-7-19)33-25(18-10-13-29-14-11-18)30-31-26(33)35-17-24(34)22-16-32(15-3-12-28)23-5-2-1-4-21(22)23/h1-2,4-11,13-14,16H,3,15,17H2. The smallest absolute Gasteiger partial charge is 0.196 e. The second kappa shape index (κ2) is 10.1. The summed E-state index contributed by atoms with van der Waals surface area (Å²) in [6.07, 6.45) is 5.63. The highest BCUT2D eigenvalue weighted by molar-refractivity contribution is 7.99. The minimum Gasteiger partial charge on any atom is -0.346 e. The number of rotatable bonds is 8. The highest BCUT2D eigenvalue weighted by Gasteiger charge is 2.20. The molecule has 0 N–H and O–H groups in total. The predicted molar refractivity (Wildman–Crippen MR) is 137 cm³/mol. The van der Waals surface area contributed by atoms with Crippen LogP contribution in [-0.4, -0.2) is 35.9 Å². The maximum absolute atomic E-state index is 13.3. The molecule has 0 fully saturated rings. The highest BCUT2D eigenvalue weighted by atomic mass is 35.5. The number of carbonyl (C=O) groups is 1. The molecule has 5 rings (SSSR count). The molecule has 5 aromatic rings. The fourth-order valence-electron chi connectivity index (χ4n) is 3.91. The van der Waals surface area contributed by atoms with Crippen LogP contribution in [0.2, 0.25) is 5.02 Å². The second-order valence-corrected chi connectivity index (χ2v) is 9.11. The number of halogens is 1. The summed E-state index contributed by atoms with van der Waals surface area (Å²) in [4.78, 5) is 17.4. The van der Waals surface area contributed by atoms with Crippen molar-refractivity contribution >= 4 is 40.0 Å². The van der Waals surface area contributed by atoms with E-state index in [4.69, 9.17) is 16.9 Å². The SMILES string of the molecule is N#CCCn1cc(C(=O)CSc2nnc(-c3ccncc3)n2-c2ccc(Cl)cc2)c2ccccc21. The number of hydrogen-bond acceptors (Lipinski definition) is 6. The highest BCUT2D eigenvalue weighted by Crippen LogP contribution is 2.30. The van der Waals surface area contributed by atoms with Gasteiger partial charge in [0.1, 0.15) is 0 Å². The first kappa shape index (κ1) is 22.8. The molecule has 3 heterocycles. The first-order valence-electron chi connectivity index (χ1n) is 10.9. The molecule has 0 atom stereocenters. The molecule has 0 aliphatic carbocycles. The van der Waals surface area contributed by atoms with Gasteiger partial charge in [0.2, 0.25) is 0 Å². The summed E-state index contributed by atoms with van der Waals surface area (Å²) in [6.45, 7) is 0.539. The van der Waals surface area contributed by atoms with E-state index in [-0.39, 0.29) is 11.5 Å². The molecule has 7 nitrogen and oxygen atoms in total. The lowest BCUT2D eigenvalue weighted by molar-refractivity contribution is 0.102. The molecule has 0 spiro atoms. The summed E-state index contributed by atoms with van der Waals surface area (Å²) < 4.78 is 3.88. The Morgan fingerprint density at radius 1 is 1.03 bits per heavy atom. The number of benzene rings is 2. The molecular formula is C26H19ClN6OS. The third-order valence-corrected chi connectivity index (χ3v) is 6.72. The minimum atomic E-state index is -0.0157. The molecule has 0 bridgehead atoms. The average Bonchev–Trinajstić information content (AvgIpc) is 3.49. The third-order valence-electron chi connectivity index (χ3n) is 5.54. The normalized spacial score (nSPS) is 11.0. The number of carbonyl (C=O) groups excluding carboxylic acids is 1. The van der Waals surface area contributed by atoms with Crippen molar-refractivity contribution in [2.45, 2.75) is 18.1 Å². The van der Waals surface area contributed by atoms with E-state index >= 15 is 0 Å². The maximum Gasteiger partial charge on any atom is 0.196 e. The summed E-state index contributed by atoms with van der Waals surface area (Å²) in [6, 6.07) is 21.1. The number of pyridine rings is 1. The Balaban J connectivity index is 1.47. The molecule has 0 aliphatic rings. The summed E-state index contributed by atoms with van der Waals surface area (Å²) in [5.41, 5.74) is 3.29. The van der Waals surface area contributed by atoms with Crippen LogP contribution in [0.4, 0.5) is 0 Å². The molecule has 0 aliphatic heterocycles. The van der Waals surface area contributed by atoms with Crippen molar-refractivity contribution in [2.24, 2.45) is 0 Å². The molecule has 0 amide bonds. The first-order valence-corrected chi connectivity index (χ1v) is 12.2. The van der Waals surface area contributed by atoms with Crippen LogP contribution in [0.1, 0.15) is 16.8 Å². The van der Waals surface area contributed by atoms with Gasteiger partial charge in [-0.25, -0.2) is 0 Å². The minimum absolute atomic E-state index is 0.0157. The molecule has 0 radical (unpaired) electrons. The van der Waals surface area contributed by atoms with Crippen LogP contribution in [0.5, 0.6) is 0 Å². The van der Waals surface area contributed by atoms with Crippen LogP contribution >= 0.6 is 23.4 Å². The largest absolute Gasteiger partial charge is 0.346 e. The second-order valence-electron chi connectivity index (χ2n) is 7.73. The first-order chi connectivity index (χ1) is 17.2. The number of nitriles is 1. The molecular weight excluding hydrogens is 480 g/mol. The maximum atomic E-state index is 13.3. The summed E-state index contributed by atoms with van der Waals surface area (Å²) >= 11 is 7.43. The van der Waals surface area contributed by atoms with E-state index in [1.54, 1.807) is 12.4 Å². The molecule has 2 aromatic carbocycles. The number of Topliss-reactive ketones (excluding diaryl/α,β-unsaturated/α-hetero) is 1. The molecule has 3 aromatic heterocycles. The molecule has 172 valence electrons. The molecule has 0 saturated heterocycles. The Kier molecular flexibility index (Phi) is 6.62. The lowest BCUT2D eigenvalue weighted by Crippen LogP contribution is -2.05. The van der Waals surface area contributed by atoms with Gasteiger partial charge in [0.05, 0.1) is 18.2 Å². The summed E-state index contributed by atoms with van der Waals surface area (Å²) in [7, 11) is 0. The molecule has 35 heavy (non-hydrogen) atoms. The number of ketones is 1. The number of hydrogen-bond donors (Lipinski definition) is 0. The van der Waals surface area contributed by atoms with Crippen molar-refractivity contribution in [1.82, 2.24) is 24.3 Å². The van der Waals surface area contributed by atoms with Crippen LogP contribution in [0, 0.1) is 11.3 Å². The van der Waals surface area contributed by atoms with Gasteiger partial charge in [-0.15, -0.1) is 10.2 Å². The van der Waals surface area contributed by atoms with Crippen molar-refractivity contribution in [1.29, 1.82) is 5.26 Å². The van der Waals surface area contributed by atoms with Gasteiger partial charge < -0.3 is 4.57 Å². The average molecular weight is 499 g/mol. The topological polar surface area (TPSA) is 89.4 Å². The lowest BCUT2D eigenvalue weighted by atomic mass is 10.1. The van der Waals surface area contributed by atoms with Gasteiger partial charge in [0.15, 0.2) is 16.8 Å². The van der Waals surface area contributed by atoms with E-state index in [0.29, 0.717) is 34.5 Å². The van der Waals surface area contributed by atoms with Gasteiger partial charge in [-0.3, -0.25) is 14.3 Å².